The second kappa shape index (κ2) is 9.91. The zero-order valence-corrected chi connectivity index (χ0v) is 19.0. The van der Waals surface area contributed by atoms with Gasteiger partial charge in [0.25, 0.3) is 11.8 Å². The topological polar surface area (TPSA) is 90.5 Å². The van der Waals surface area contributed by atoms with Crippen LogP contribution in [0.15, 0.2) is 60.9 Å². The number of hydrogen-bond donors (Lipinski definition) is 2. The van der Waals surface area contributed by atoms with E-state index in [0.717, 1.165) is 37.8 Å². The predicted octanol–water partition coefficient (Wildman–Crippen LogP) is 4.18. The maximum atomic E-state index is 12.6. The molecule has 3 aromatic rings. The van der Waals surface area contributed by atoms with Gasteiger partial charge in [-0.3, -0.25) is 9.59 Å². The summed E-state index contributed by atoms with van der Waals surface area (Å²) in [6.07, 6.45) is 8.12. The van der Waals surface area contributed by atoms with Gasteiger partial charge < -0.3 is 20.4 Å². The van der Waals surface area contributed by atoms with E-state index in [1.807, 2.05) is 24.3 Å². The van der Waals surface area contributed by atoms with E-state index in [1.54, 1.807) is 36.7 Å². The van der Waals surface area contributed by atoms with Crippen LogP contribution in [0.2, 0.25) is 0 Å². The van der Waals surface area contributed by atoms with Crippen molar-refractivity contribution < 1.29 is 9.59 Å². The molecule has 1 aromatic carbocycles. The maximum Gasteiger partial charge on any atom is 0.255 e. The molecule has 2 saturated heterocycles. The fourth-order valence-corrected chi connectivity index (χ4v) is 4.37. The second-order valence-electron chi connectivity index (χ2n) is 8.68. The number of hydrogen-bond acceptors (Lipinski definition) is 6. The number of nitrogens with one attached hydrogen (secondary N) is 2. The van der Waals surface area contributed by atoms with Crippen molar-refractivity contribution in [2.24, 2.45) is 0 Å². The van der Waals surface area contributed by atoms with Gasteiger partial charge >= 0.3 is 0 Å². The molecule has 2 aliphatic heterocycles. The van der Waals surface area contributed by atoms with Crippen LogP contribution < -0.4 is 20.4 Å². The Hall–Kier alpha value is -3.94. The zero-order chi connectivity index (χ0) is 23.3. The Morgan fingerprint density at radius 2 is 0.971 bits per heavy atom. The van der Waals surface area contributed by atoms with Gasteiger partial charge in [-0.15, -0.1) is 0 Å². The molecule has 0 atom stereocenters. The normalized spacial score (nSPS) is 15.4. The molecule has 8 nitrogen and oxygen atoms in total. The summed E-state index contributed by atoms with van der Waals surface area (Å²) < 4.78 is 0. The van der Waals surface area contributed by atoms with Crippen molar-refractivity contribution in [2.45, 2.75) is 25.7 Å². The quantitative estimate of drug-likeness (QED) is 0.578. The number of benzene rings is 1. The molecule has 0 radical (unpaired) electrons. The fourth-order valence-electron chi connectivity index (χ4n) is 4.37. The number of anilines is 4. The highest BCUT2D eigenvalue weighted by Crippen LogP contribution is 2.21. The number of nitrogens with zero attached hydrogens (tertiary/aromatic N) is 4. The molecule has 0 saturated carbocycles. The Labute approximate surface area is 199 Å². The van der Waals surface area contributed by atoms with Crippen molar-refractivity contribution in [3.05, 3.63) is 72.1 Å². The Morgan fingerprint density at radius 1 is 0.588 bits per heavy atom. The summed E-state index contributed by atoms with van der Waals surface area (Å²) in [6.45, 7) is 4.11. The van der Waals surface area contributed by atoms with Crippen molar-refractivity contribution in [1.82, 2.24) is 9.97 Å². The van der Waals surface area contributed by atoms with Gasteiger partial charge in [-0.1, -0.05) is 0 Å². The van der Waals surface area contributed by atoms with E-state index >= 15 is 0 Å². The summed E-state index contributed by atoms with van der Waals surface area (Å²) >= 11 is 0. The Balaban J connectivity index is 1.16. The zero-order valence-electron chi connectivity index (χ0n) is 19.0. The van der Waals surface area contributed by atoms with E-state index in [4.69, 9.17) is 0 Å². The van der Waals surface area contributed by atoms with Gasteiger partial charge in [0.05, 0.1) is 23.8 Å². The first kappa shape index (κ1) is 21.9. The van der Waals surface area contributed by atoms with E-state index in [1.165, 1.54) is 25.7 Å². The number of carbonyl (C=O) groups is 2. The van der Waals surface area contributed by atoms with Gasteiger partial charge in [-0.2, -0.15) is 0 Å². The van der Waals surface area contributed by atoms with Crippen LogP contribution in [-0.4, -0.2) is 48.0 Å². The molecule has 174 valence electrons. The van der Waals surface area contributed by atoms with Crippen LogP contribution in [0.5, 0.6) is 0 Å². The first-order valence-electron chi connectivity index (χ1n) is 11.8. The first-order valence-corrected chi connectivity index (χ1v) is 11.8. The van der Waals surface area contributed by atoms with E-state index in [9.17, 15) is 9.59 Å². The summed E-state index contributed by atoms with van der Waals surface area (Å²) in [6, 6.07) is 14.2. The minimum Gasteiger partial charge on any atom is -0.357 e. The lowest BCUT2D eigenvalue weighted by Gasteiger charge is -2.16. The number of carbonyl (C=O) groups excluding carboxylic acids is 2. The van der Waals surface area contributed by atoms with Gasteiger partial charge in [-0.25, -0.2) is 9.97 Å². The van der Waals surface area contributed by atoms with Gasteiger partial charge in [0.2, 0.25) is 0 Å². The molecule has 4 heterocycles. The fraction of sp³-hybridized carbons (Fsp3) is 0.308. The largest absolute Gasteiger partial charge is 0.357 e. The SMILES string of the molecule is O=C(Nc1ccc(N2CCCC2)nc1)c1ccc(C(=O)Nc2ccc(N3CCCC3)nc2)cc1. The van der Waals surface area contributed by atoms with Crippen LogP contribution in [0.25, 0.3) is 0 Å². The standard InChI is InChI=1S/C26H28N6O2/c33-25(29-21-9-11-23(27-17-21)31-13-1-2-14-31)19-5-7-20(8-6-19)26(34)30-22-10-12-24(28-18-22)32-15-3-4-16-32/h5-12,17-18H,1-4,13-16H2,(H,29,33)(H,30,34). The lowest BCUT2D eigenvalue weighted by molar-refractivity contribution is 0.101. The summed E-state index contributed by atoms with van der Waals surface area (Å²) in [4.78, 5) is 38.6. The molecule has 0 unspecified atom stereocenters. The lowest BCUT2D eigenvalue weighted by atomic mass is 10.1. The number of amides is 2. The molecule has 2 N–H and O–H groups in total. The van der Waals surface area contributed by atoms with Gasteiger partial charge in [-0.05, 0) is 74.2 Å². The molecular formula is C26H28N6O2. The third-order valence-electron chi connectivity index (χ3n) is 6.28. The molecule has 0 aliphatic carbocycles. The Kier molecular flexibility index (Phi) is 6.38. The van der Waals surface area contributed by atoms with E-state index in [-0.39, 0.29) is 11.8 Å². The molecule has 34 heavy (non-hydrogen) atoms. The molecule has 2 aliphatic rings. The summed E-state index contributed by atoms with van der Waals surface area (Å²) in [7, 11) is 0. The number of pyridine rings is 2. The highest BCUT2D eigenvalue weighted by Gasteiger charge is 2.15. The average Bonchev–Trinajstić information content (AvgIpc) is 3.60. The van der Waals surface area contributed by atoms with Gasteiger partial charge in [0.1, 0.15) is 11.6 Å². The van der Waals surface area contributed by atoms with Crippen molar-refractivity contribution in [3.63, 3.8) is 0 Å². The molecule has 2 fully saturated rings. The first-order chi connectivity index (χ1) is 16.7. The minimum atomic E-state index is -0.246. The minimum absolute atomic E-state index is 0.246. The van der Waals surface area contributed by atoms with Crippen molar-refractivity contribution in [1.29, 1.82) is 0 Å². The van der Waals surface area contributed by atoms with Crippen LogP contribution in [0, 0.1) is 0 Å². The maximum absolute atomic E-state index is 12.6. The summed E-state index contributed by atoms with van der Waals surface area (Å²) in [5.41, 5.74) is 2.22. The third-order valence-corrected chi connectivity index (χ3v) is 6.28. The molecule has 0 spiro atoms. The monoisotopic (exact) mass is 456 g/mol. The van der Waals surface area contributed by atoms with Crippen LogP contribution in [0.3, 0.4) is 0 Å². The number of rotatable bonds is 6. The van der Waals surface area contributed by atoms with Crippen LogP contribution >= 0.6 is 0 Å². The second-order valence-corrected chi connectivity index (χ2v) is 8.68. The Morgan fingerprint density at radius 3 is 1.29 bits per heavy atom. The molecule has 2 aromatic heterocycles. The summed E-state index contributed by atoms with van der Waals surface area (Å²) in [5.74, 6) is 1.38. The van der Waals surface area contributed by atoms with E-state index in [2.05, 4.69) is 30.4 Å². The van der Waals surface area contributed by atoms with Crippen molar-refractivity contribution in [3.8, 4) is 0 Å². The molecule has 0 bridgehead atoms. The predicted molar refractivity (Wildman–Crippen MR) is 134 cm³/mol. The molecule has 5 rings (SSSR count). The number of aromatic nitrogens is 2. The smallest absolute Gasteiger partial charge is 0.255 e. The molecule has 8 heteroatoms. The highest BCUT2D eigenvalue weighted by molar-refractivity contribution is 6.07. The van der Waals surface area contributed by atoms with Crippen LogP contribution in [-0.2, 0) is 0 Å². The van der Waals surface area contributed by atoms with Crippen LogP contribution in [0.4, 0.5) is 23.0 Å². The Bertz CT molecular complexity index is 1040. The summed E-state index contributed by atoms with van der Waals surface area (Å²) in [5, 5.41) is 5.72. The highest BCUT2D eigenvalue weighted by atomic mass is 16.2. The van der Waals surface area contributed by atoms with Gasteiger partial charge in [0.15, 0.2) is 0 Å². The average molecular weight is 457 g/mol. The molecule has 2 amide bonds. The molecular weight excluding hydrogens is 428 g/mol. The third kappa shape index (κ3) is 5.01. The van der Waals surface area contributed by atoms with E-state index < -0.39 is 0 Å². The van der Waals surface area contributed by atoms with Crippen molar-refractivity contribution >= 4 is 34.8 Å². The van der Waals surface area contributed by atoms with Crippen LogP contribution in [0.1, 0.15) is 46.4 Å². The van der Waals surface area contributed by atoms with E-state index in [0.29, 0.717) is 22.5 Å². The van der Waals surface area contributed by atoms with Gasteiger partial charge in [0, 0.05) is 37.3 Å². The lowest BCUT2D eigenvalue weighted by Crippen LogP contribution is -2.19. The van der Waals surface area contributed by atoms with Crippen molar-refractivity contribution in [2.75, 3.05) is 46.6 Å².